The Labute approximate surface area is 134 Å². The minimum absolute atomic E-state index is 0.299. The van der Waals surface area contributed by atoms with Crippen molar-refractivity contribution >= 4 is 23.4 Å². The van der Waals surface area contributed by atoms with E-state index in [0.717, 1.165) is 41.8 Å². The van der Waals surface area contributed by atoms with Crippen LogP contribution in [0.4, 0.5) is 0 Å². The van der Waals surface area contributed by atoms with Gasteiger partial charge in [0, 0.05) is 16.5 Å². The average molecular weight is 322 g/mol. The molecule has 0 amide bonds. The summed E-state index contributed by atoms with van der Waals surface area (Å²) in [6.07, 6.45) is 4.10. The molecule has 1 aromatic heterocycles. The number of H-pyrrole nitrogens is 1. The lowest BCUT2D eigenvalue weighted by Gasteiger charge is -2.19. The Bertz CT molecular complexity index is 638. The molecule has 1 aliphatic heterocycles. The fourth-order valence-corrected chi connectivity index (χ4v) is 4.38. The number of hydrogen-bond donors (Lipinski definition) is 2. The third-order valence-electron chi connectivity index (χ3n) is 3.91. The van der Waals surface area contributed by atoms with E-state index in [4.69, 9.17) is 11.6 Å². The van der Waals surface area contributed by atoms with E-state index in [1.54, 1.807) is 11.8 Å². The van der Waals surface area contributed by atoms with Crippen LogP contribution in [0.25, 0.3) is 0 Å². The first-order chi connectivity index (χ1) is 10.1. The van der Waals surface area contributed by atoms with Crippen LogP contribution in [0.5, 0.6) is 0 Å². The van der Waals surface area contributed by atoms with Gasteiger partial charge in [0.15, 0.2) is 0 Å². The van der Waals surface area contributed by atoms with E-state index >= 15 is 0 Å². The summed E-state index contributed by atoms with van der Waals surface area (Å²) in [5, 5.41) is 5.67. The summed E-state index contributed by atoms with van der Waals surface area (Å²) in [6, 6.07) is 4.23. The van der Waals surface area contributed by atoms with Gasteiger partial charge >= 0.3 is 0 Å². The monoisotopic (exact) mass is 321 g/mol. The Morgan fingerprint density at radius 1 is 1.29 bits per heavy atom. The first-order valence-electron chi connectivity index (χ1n) is 7.34. The molecule has 2 heterocycles. The fourth-order valence-electron chi connectivity index (χ4n) is 2.91. The number of hydrogen-bond acceptors (Lipinski definition) is 3. The molecule has 0 saturated heterocycles. The molecule has 0 aliphatic carbocycles. The number of aromatic amines is 1. The van der Waals surface area contributed by atoms with Gasteiger partial charge in [-0.1, -0.05) is 29.4 Å². The number of aromatic nitrogens is 2. The number of benzene rings is 1. The van der Waals surface area contributed by atoms with Crippen LogP contribution < -0.4 is 5.32 Å². The number of nitrogens with zero attached hydrogens (tertiary/aromatic N) is 1. The highest BCUT2D eigenvalue weighted by atomic mass is 35.5. The standard InChI is InChI=1S/C16H20ClN3S/c1-10(21-15-9-19-11(2)20-15)16-13-6-8-18-7-5-12(13)3-4-14(16)17/h3-4,9-10,18H,5-8H2,1-2H3,(H,19,20). The van der Waals surface area contributed by atoms with E-state index in [0.29, 0.717) is 5.25 Å². The van der Waals surface area contributed by atoms with Crippen LogP contribution >= 0.6 is 23.4 Å². The molecule has 2 aromatic rings. The lowest BCUT2D eigenvalue weighted by atomic mass is 9.95. The van der Waals surface area contributed by atoms with Crippen LogP contribution in [0.15, 0.2) is 23.4 Å². The van der Waals surface area contributed by atoms with E-state index in [9.17, 15) is 0 Å². The number of rotatable bonds is 3. The summed E-state index contributed by atoms with van der Waals surface area (Å²) in [5.74, 6) is 0.951. The maximum atomic E-state index is 6.52. The van der Waals surface area contributed by atoms with Crippen molar-refractivity contribution in [2.75, 3.05) is 13.1 Å². The summed E-state index contributed by atoms with van der Waals surface area (Å²) >= 11 is 8.28. The molecule has 21 heavy (non-hydrogen) atoms. The smallest absolute Gasteiger partial charge is 0.115 e. The third kappa shape index (κ3) is 3.28. The summed E-state index contributed by atoms with van der Waals surface area (Å²) in [5.41, 5.74) is 4.15. The van der Waals surface area contributed by atoms with Gasteiger partial charge in [-0.15, -0.1) is 0 Å². The van der Waals surface area contributed by atoms with Crippen molar-refractivity contribution in [3.05, 3.63) is 45.9 Å². The average Bonchev–Trinajstić information content (AvgIpc) is 2.72. The second-order valence-corrected chi connectivity index (χ2v) is 7.20. The molecule has 5 heteroatoms. The maximum absolute atomic E-state index is 6.52. The molecule has 0 fully saturated rings. The van der Waals surface area contributed by atoms with Crippen LogP contribution in [0.1, 0.15) is 34.7 Å². The van der Waals surface area contributed by atoms with E-state index < -0.39 is 0 Å². The Kier molecular flexibility index (Phi) is 4.57. The van der Waals surface area contributed by atoms with Crippen LogP contribution in [0.3, 0.4) is 0 Å². The Balaban J connectivity index is 1.93. The molecule has 0 bridgehead atoms. The topological polar surface area (TPSA) is 40.7 Å². The number of imidazole rings is 1. The zero-order chi connectivity index (χ0) is 14.8. The molecular formula is C16H20ClN3S. The van der Waals surface area contributed by atoms with Gasteiger partial charge in [0.1, 0.15) is 10.9 Å². The minimum atomic E-state index is 0.299. The Morgan fingerprint density at radius 2 is 2.10 bits per heavy atom. The predicted octanol–water partition coefficient (Wildman–Crippen LogP) is 3.91. The lowest BCUT2D eigenvalue weighted by Crippen LogP contribution is -2.16. The zero-order valence-electron chi connectivity index (χ0n) is 12.4. The van der Waals surface area contributed by atoms with Crippen molar-refractivity contribution in [1.29, 1.82) is 0 Å². The number of thioether (sulfide) groups is 1. The number of fused-ring (bicyclic) bond motifs is 1. The molecule has 0 radical (unpaired) electrons. The molecule has 3 rings (SSSR count). The largest absolute Gasteiger partial charge is 0.348 e. The van der Waals surface area contributed by atoms with Gasteiger partial charge in [-0.3, -0.25) is 0 Å². The summed E-state index contributed by atoms with van der Waals surface area (Å²) in [6.45, 7) is 6.27. The molecule has 112 valence electrons. The normalized spacial score (nSPS) is 16.3. The maximum Gasteiger partial charge on any atom is 0.115 e. The molecule has 1 aromatic carbocycles. The van der Waals surface area contributed by atoms with Gasteiger partial charge in [0.05, 0.1) is 0 Å². The van der Waals surface area contributed by atoms with Crippen molar-refractivity contribution in [3.63, 3.8) is 0 Å². The van der Waals surface area contributed by atoms with Crippen molar-refractivity contribution < 1.29 is 0 Å². The molecule has 1 aliphatic rings. The van der Waals surface area contributed by atoms with Gasteiger partial charge in [-0.2, -0.15) is 0 Å². The van der Waals surface area contributed by atoms with E-state index in [-0.39, 0.29) is 0 Å². The number of halogens is 1. The van der Waals surface area contributed by atoms with E-state index in [1.807, 2.05) is 19.2 Å². The SMILES string of the molecule is Cc1nc(SC(C)c2c(Cl)ccc3c2CCNCC3)c[nH]1. The highest BCUT2D eigenvalue weighted by Crippen LogP contribution is 2.40. The predicted molar refractivity (Wildman–Crippen MR) is 89.3 cm³/mol. The van der Waals surface area contributed by atoms with Crippen LogP contribution in [-0.4, -0.2) is 23.1 Å². The summed E-state index contributed by atoms with van der Waals surface area (Å²) < 4.78 is 0. The Hall–Kier alpha value is -0.970. The van der Waals surface area contributed by atoms with Crippen LogP contribution in [0, 0.1) is 6.92 Å². The lowest BCUT2D eigenvalue weighted by molar-refractivity contribution is 0.710. The second kappa shape index (κ2) is 6.42. The first-order valence-corrected chi connectivity index (χ1v) is 8.60. The first kappa shape index (κ1) is 14.9. The zero-order valence-corrected chi connectivity index (χ0v) is 13.9. The van der Waals surface area contributed by atoms with Gasteiger partial charge in [0.25, 0.3) is 0 Å². The van der Waals surface area contributed by atoms with Crippen molar-refractivity contribution in [1.82, 2.24) is 15.3 Å². The molecule has 0 spiro atoms. The summed E-state index contributed by atoms with van der Waals surface area (Å²) in [4.78, 5) is 7.63. The molecule has 1 unspecified atom stereocenters. The number of nitrogens with one attached hydrogen (secondary N) is 2. The van der Waals surface area contributed by atoms with Crippen LogP contribution in [0.2, 0.25) is 5.02 Å². The van der Waals surface area contributed by atoms with Crippen molar-refractivity contribution in [3.8, 4) is 0 Å². The molecule has 1 atom stereocenters. The quantitative estimate of drug-likeness (QED) is 0.842. The van der Waals surface area contributed by atoms with Gasteiger partial charge < -0.3 is 10.3 Å². The Morgan fingerprint density at radius 3 is 2.86 bits per heavy atom. The van der Waals surface area contributed by atoms with Gasteiger partial charge in [-0.25, -0.2) is 4.98 Å². The molecule has 3 nitrogen and oxygen atoms in total. The highest BCUT2D eigenvalue weighted by molar-refractivity contribution is 7.99. The van der Waals surface area contributed by atoms with Crippen molar-refractivity contribution in [2.45, 2.75) is 37.0 Å². The van der Waals surface area contributed by atoms with E-state index in [2.05, 4.69) is 28.3 Å². The minimum Gasteiger partial charge on any atom is -0.348 e. The fraction of sp³-hybridized carbons (Fsp3) is 0.438. The molecule has 2 N–H and O–H groups in total. The van der Waals surface area contributed by atoms with E-state index in [1.165, 1.54) is 16.7 Å². The highest BCUT2D eigenvalue weighted by Gasteiger charge is 2.20. The third-order valence-corrected chi connectivity index (χ3v) is 5.28. The molecule has 0 saturated carbocycles. The van der Waals surface area contributed by atoms with Crippen molar-refractivity contribution in [2.24, 2.45) is 0 Å². The van der Waals surface area contributed by atoms with Crippen LogP contribution in [-0.2, 0) is 12.8 Å². The summed E-state index contributed by atoms with van der Waals surface area (Å²) in [7, 11) is 0. The molecular weight excluding hydrogens is 302 g/mol. The number of aryl methyl sites for hydroxylation is 1. The second-order valence-electron chi connectivity index (χ2n) is 5.43. The van der Waals surface area contributed by atoms with Gasteiger partial charge in [0.2, 0.25) is 0 Å². The van der Waals surface area contributed by atoms with Gasteiger partial charge in [-0.05, 0) is 62.5 Å².